The molecule has 0 unspecified atom stereocenters. The molecule has 4 rings (SSSR count). The lowest BCUT2D eigenvalue weighted by atomic mass is 10.1. The summed E-state index contributed by atoms with van der Waals surface area (Å²) in [5, 5.41) is 8.02. The summed E-state index contributed by atoms with van der Waals surface area (Å²) in [7, 11) is 0. The minimum absolute atomic E-state index is 0.154. The molecular weight excluding hydrogens is 372 g/mol. The molecule has 142 valence electrons. The van der Waals surface area contributed by atoms with Gasteiger partial charge >= 0.3 is 5.97 Å². The highest BCUT2D eigenvalue weighted by Gasteiger charge is 2.18. The molecule has 0 aliphatic rings. The molecule has 0 saturated heterocycles. The van der Waals surface area contributed by atoms with E-state index in [0.717, 1.165) is 28.4 Å². The fourth-order valence-electron chi connectivity index (χ4n) is 3.00. The van der Waals surface area contributed by atoms with Crippen LogP contribution in [0.2, 0.25) is 0 Å². The Morgan fingerprint density at radius 3 is 2.71 bits per heavy atom. The zero-order chi connectivity index (χ0) is 19.5. The summed E-state index contributed by atoms with van der Waals surface area (Å²) >= 11 is 1.58. The number of esters is 1. The molecule has 0 radical (unpaired) electrons. The van der Waals surface area contributed by atoms with E-state index in [9.17, 15) is 4.79 Å². The van der Waals surface area contributed by atoms with Gasteiger partial charge in [-0.3, -0.25) is 0 Å². The second kappa shape index (κ2) is 7.90. The summed E-state index contributed by atoms with van der Waals surface area (Å²) in [6, 6.07) is 11.6. The minimum Gasteiger partial charge on any atom is -0.456 e. The van der Waals surface area contributed by atoms with E-state index < -0.39 is 5.97 Å². The van der Waals surface area contributed by atoms with Crippen LogP contribution in [0.3, 0.4) is 0 Å². The molecule has 6 nitrogen and oxygen atoms in total. The van der Waals surface area contributed by atoms with Crippen LogP contribution in [0.15, 0.2) is 48.0 Å². The maximum Gasteiger partial charge on any atom is 0.339 e. The maximum absolute atomic E-state index is 12.9. The number of fused-ring (bicyclic) bond motifs is 1. The third kappa shape index (κ3) is 3.53. The van der Waals surface area contributed by atoms with Crippen LogP contribution in [0.25, 0.3) is 22.3 Å². The Hall–Kier alpha value is -3.06. The van der Waals surface area contributed by atoms with Crippen molar-refractivity contribution in [3.8, 4) is 11.3 Å². The summed E-state index contributed by atoms with van der Waals surface area (Å²) in [5.41, 5.74) is 3.58. The number of ether oxygens (including phenoxy) is 1. The van der Waals surface area contributed by atoms with Crippen molar-refractivity contribution in [1.82, 2.24) is 19.7 Å². The van der Waals surface area contributed by atoms with Gasteiger partial charge in [-0.2, -0.15) is 5.10 Å². The van der Waals surface area contributed by atoms with Crippen molar-refractivity contribution in [3.63, 3.8) is 0 Å². The molecule has 0 fully saturated rings. The van der Waals surface area contributed by atoms with Crippen molar-refractivity contribution in [2.45, 2.75) is 33.4 Å². The molecule has 1 aromatic carbocycles. The summed E-state index contributed by atoms with van der Waals surface area (Å²) in [4.78, 5) is 22.1. The molecule has 28 heavy (non-hydrogen) atoms. The first-order valence-electron chi connectivity index (χ1n) is 9.22. The van der Waals surface area contributed by atoms with Gasteiger partial charge in [-0.05, 0) is 19.4 Å². The lowest BCUT2D eigenvalue weighted by Crippen LogP contribution is -2.08. The highest BCUT2D eigenvalue weighted by Crippen LogP contribution is 2.25. The number of aryl methyl sites for hydroxylation is 2. The summed E-state index contributed by atoms with van der Waals surface area (Å²) in [6.45, 7) is 4.87. The van der Waals surface area contributed by atoms with Crippen molar-refractivity contribution in [2.24, 2.45) is 0 Å². The lowest BCUT2D eigenvalue weighted by Gasteiger charge is -2.08. The number of hydrogen-bond acceptors (Lipinski definition) is 6. The number of thiazole rings is 1. The van der Waals surface area contributed by atoms with Crippen LogP contribution in [-0.4, -0.2) is 25.7 Å². The van der Waals surface area contributed by atoms with Gasteiger partial charge in [0.15, 0.2) is 5.65 Å². The number of hydrogen-bond donors (Lipinski definition) is 0. The summed E-state index contributed by atoms with van der Waals surface area (Å²) in [6.07, 6.45) is 2.55. The molecule has 0 atom stereocenters. The second-order valence-corrected chi connectivity index (χ2v) is 7.22. The molecule has 0 N–H and O–H groups in total. The number of benzene rings is 1. The summed E-state index contributed by atoms with van der Waals surface area (Å²) in [5.74, 6) is -0.397. The Kier molecular flexibility index (Phi) is 5.16. The molecule has 0 spiro atoms. The van der Waals surface area contributed by atoms with Crippen LogP contribution in [0.1, 0.15) is 34.9 Å². The number of aromatic nitrogens is 4. The van der Waals surface area contributed by atoms with Gasteiger partial charge in [-0.15, -0.1) is 11.3 Å². The SMILES string of the molecule is CCc1nc(COC(=O)c2cc(-c3ccccc3)nc3c2cnn3CC)cs1. The van der Waals surface area contributed by atoms with E-state index in [0.29, 0.717) is 23.1 Å². The minimum atomic E-state index is -0.397. The van der Waals surface area contributed by atoms with Gasteiger partial charge in [-0.25, -0.2) is 19.4 Å². The van der Waals surface area contributed by atoms with Gasteiger partial charge < -0.3 is 4.74 Å². The van der Waals surface area contributed by atoms with Crippen LogP contribution in [0.5, 0.6) is 0 Å². The molecule has 3 heterocycles. The molecule has 7 heteroatoms. The fourth-order valence-corrected chi connectivity index (χ4v) is 3.73. The van der Waals surface area contributed by atoms with Crippen molar-refractivity contribution < 1.29 is 9.53 Å². The van der Waals surface area contributed by atoms with Crippen molar-refractivity contribution in [1.29, 1.82) is 0 Å². The third-order valence-corrected chi connectivity index (χ3v) is 5.49. The smallest absolute Gasteiger partial charge is 0.339 e. The average molecular weight is 392 g/mol. The first kappa shape index (κ1) is 18.3. The quantitative estimate of drug-likeness (QED) is 0.452. The number of carbonyl (C=O) groups is 1. The van der Waals surface area contributed by atoms with E-state index >= 15 is 0 Å². The Labute approximate surface area is 166 Å². The van der Waals surface area contributed by atoms with E-state index in [4.69, 9.17) is 9.72 Å². The average Bonchev–Trinajstić information content (AvgIpc) is 3.38. The molecule has 4 aromatic rings. The molecule has 0 bridgehead atoms. The molecule has 3 aromatic heterocycles. The second-order valence-electron chi connectivity index (χ2n) is 6.28. The molecule has 0 saturated carbocycles. The largest absolute Gasteiger partial charge is 0.456 e. The van der Waals surface area contributed by atoms with Gasteiger partial charge in [0.2, 0.25) is 0 Å². The van der Waals surface area contributed by atoms with Crippen molar-refractivity contribution in [2.75, 3.05) is 0 Å². The molecule has 0 aliphatic heterocycles. The molecule has 0 amide bonds. The van der Waals surface area contributed by atoms with Gasteiger partial charge in [0.1, 0.15) is 6.61 Å². The fraction of sp³-hybridized carbons (Fsp3) is 0.238. The van der Waals surface area contributed by atoms with E-state index in [1.54, 1.807) is 28.3 Å². The van der Waals surface area contributed by atoms with Crippen LogP contribution in [0.4, 0.5) is 0 Å². The third-order valence-electron chi connectivity index (χ3n) is 4.45. The van der Waals surface area contributed by atoms with E-state index in [-0.39, 0.29) is 6.61 Å². The zero-order valence-electron chi connectivity index (χ0n) is 15.8. The Bertz CT molecular complexity index is 1120. The highest BCUT2D eigenvalue weighted by atomic mass is 32.1. The van der Waals surface area contributed by atoms with Crippen molar-refractivity contribution in [3.05, 3.63) is 64.2 Å². The predicted octanol–water partition coefficient (Wildman–Crippen LogP) is 4.49. The predicted molar refractivity (Wildman–Crippen MR) is 109 cm³/mol. The number of nitrogens with zero attached hydrogens (tertiary/aromatic N) is 4. The molecular formula is C21H20N4O2S. The monoisotopic (exact) mass is 392 g/mol. The first-order chi connectivity index (χ1) is 13.7. The van der Waals surface area contributed by atoms with E-state index in [1.165, 1.54) is 0 Å². The number of rotatable bonds is 6. The zero-order valence-corrected chi connectivity index (χ0v) is 16.6. The van der Waals surface area contributed by atoms with Crippen LogP contribution in [-0.2, 0) is 24.3 Å². The van der Waals surface area contributed by atoms with Crippen LogP contribution < -0.4 is 0 Å². The van der Waals surface area contributed by atoms with Gasteiger partial charge in [-0.1, -0.05) is 37.3 Å². The summed E-state index contributed by atoms with van der Waals surface area (Å²) < 4.78 is 7.34. The number of pyridine rings is 1. The number of carbonyl (C=O) groups excluding carboxylic acids is 1. The maximum atomic E-state index is 12.9. The normalized spacial score (nSPS) is 11.1. The first-order valence-corrected chi connectivity index (χ1v) is 10.1. The van der Waals surface area contributed by atoms with Gasteiger partial charge in [0, 0.05) is 17.5 Å². The Morgan fingerprint density at radius 1 is 1.18 bits per heavy atom. The van der Waals surface area contributed by atoms with Gasteiger partial charge in [0.25, 0.3) is 0 Å². The highest BCUT2D eigenvalue weighted by molar-refractivity contribution is 7.09. The molecule has 0 aliphatic carbocycles. The lowest BCUT2D eigenvalue weighted by molar-refractivity contribution is 0.0470. The standard InChI is InChI=1S/C21H20N4O2S/c1-3-19-23-15(13-28-19)12-27-21(26)16-10-18(14-8-6-5-7-9-14)24-20-17(16)11-22-25(20)4-2/h5-11,13H,3-4,12H2,1-2H3. The van der Waals surface area contributed by atoms with E-state index in [2.05, 4.69) is 17.0 Å². The van der Waals surface area contributed by atoms with Crippen LogP contribution in [0, 0.1) is 0 Å². The van der Waals surface area contributed by atoms with Crippen LogP contribution >= 0.6 is 11.3 Å². The van der Waals surface area contributed by atoms with Crippen molar-refractivity contribution >= 4 is 28.3 Å². The Morgan fingerprint density at radius 2 is 2.00 bits per heavy atom. The van der Waals surface area contributed by atoms with Gasteiger partial charge in [0.05, 0.1) is 33.5 Å². The Balaban J connectivity index is 1.70. The topological polar surface area (TPSA) is 69.9 Å². The van der Waals surface area contributed by atoms with E-state index in [1.807, 2.05) is 42.6 Å².